The van der Waals surface area contributed by atoms with Crippen molar-refractivity contribution < 1.29 is 0 Å². The standard InChI is InChI=1S/C14H9ClN2O/c15-11-6-7-13-16-12(8-14(18)17(13)9-11)10-4-2-1-3-5-10/h1-9H. The number of halogens is 1. The van der Waals surface area contributed by atoms with Gasteiger partial charge in [-0.2, -0.15) is 0 Å². The number of hydrogen-bond donors (Lipinski definition) is 0. The fourth-order valence-electron chi connectivity index (χ4n) is 1.83. The highest BCUT2D eigenvalue weighted by molar-refractivity contribution is 6.30. The zero-order valence-electron chi connectivity index (χ0n) is 9.38. The summed E-state index contributed by atoms with van der Waals surface area (Å²) >= 11 is 5.86. The summed E-state index contributed by atoms with van der Waals surface area (Å²) in [5.41, 5.74) is 2.04. The van der Waals surface area contributed by atoms with Crippen LogP contribution in [0.1, 0.15) is 0 Å². The normalized spacial score (nSPS) is 10.7. The van der Waals surface area contributed by atoms with Gasteiger partial charge in [0, 0.05) is 17.8 Å². The molecule has 3 nitrogen and oxygen atoms in total. The number of aromatic nitrogens is 2. The fourth-order valence-corrected chi connectivity index (χ4v) is 1.99. The van der Waals surface area contributed by atoms with E-state index in [0.29, 0.717) is 16.4 Å². The molecule has 0 aliphatic rings. The summed E-state index contributed by atoms with van der Waals surface area (Å²) < 4.78 is 1.44. The first kappa shape index (κ1) is 11.0. The van der Waals surface area contributed by atoms with Crippen molar-refractivity contribution in [3.05, 3.63) is 70.1 Å². The van der Waals surface area contributed by atoms with Crippen LogP contribution in [0.5, 0.6) is 0 Å². The Morgan fingerprint density at radius 2 is 1.83 bits per heavy atom. The summed E-state index contributed by atoms with van der Waals surface area (Å²) in [6.07, 6.45) is 1.57. The van der Waals surface area contributed by atoms with Crippen molar-refractivity contribution in [3.63, 3.8) is 0 Å². The molecule has 0 saturated heterocycles. The molecule has 2 aromatic heterocycles. The van der Waals surface area contributed by atoms with E-state index in [0.717, 1.165) is 5.56 Å². The first-order valence-electron chi connectivity index (χ1n) is 5.48. The van der Waals surface area contributed by atoms with E-state index in [1.165, 1.54) is 10.5 Å². The smallest absolute Gasteiger partial charge is 0.258 e. The molecule has 0 saturated carbocycles. The van der Waals surface area contributed by atoms with Crippen LogP contribution < -0.4 is 5.56 Å². The Bertz CT molecular complexity index is 766. The minimum absolute atomic E-state index is 0.138. The lowest BCUT2D eigenvalue weighted by molar-refractivity contribution is 1.05. The highest BCUT2D eigenvalue weighted by Crippen LogP contribution is 2.16. The van der Waals surface area contributed by atoms with Crippen LogP contribution in [0, 0.1) is 0 Å². The summed E-state index contributed by atoms with van der Waals surface area (Å²) in [6.45, 7) is 0. The third-order valence-electron chi connectivity index (χ3n) is 2.69. The SMILES string of the molecule is O=c1cc(-c2ccccc2)nc2ccc(Cl)cn12. The van der Waals surface area contributed by atoms with Crippen LogP contribution in [0.4, 0.5) is 0 Å². The van der Waals surface area contributed by atoms with Crippen LogP contribution in [-0.2, 0) is 0 Å². The Kier molecular flexibility index (Phi) is 2.61. The highest BCUT2D eigenvalue weighted by atomic mass is 35.5. The number of benzene rings is 1. The van der Waals surface area contributed by atoms with Crippen molar-refractivity contribution in [2.75, 3.05) is 0 Å². The molecule has 0 amide bonds. The zero-order valence-corrected chi connectivity index (χ0v) is 10.1. The van der Waals surface area contributed by atoms with Crippen LogP contribution in [-0.4, -0.2) is 9.38 Å². The van der Waals surface area contributed by atoms with E-state index < -0.39 is 0 Å². The molecule has 0 spiro atoms. The molecule has 18 heavy (non-hydrogen) atoms. The maximum absolute atomic E-state index is 12.0. The Morgan fingerprint density at radius 1 is 1.06 bits per heavy atom. The first-order chi connectivity index (χ1) is 8.74. The Balaban J connectivity index is 2.29. The van der Waals surface area contributed by atoms with Crippen LogP contribution in [0.15, 0.2) is 59.5 Å². The van der Waals surface area contributed by atoms with Crippen LogP contribution >= 0.6 is 11.6 Å². The molecule has 3 rings (SSSR count). The quantitative estimate of drug-likeness (QED) is 0.671. The second-order valence-corrected chi connectivity index (χ2v) is 4.36. The van der Waals surface area contributed by atoms with Gasteiger partial charge in [0.2, 0.25) is 0 Å². The van der Waals surface area contributed by atoms with Gasteiger partial charge in [0.25, 0.3) is 5.56 Å². The lowest BCUT2D eigenvalue weighted by Gasteiger charge is -2.04. The lowest BCUT2D eigenvalue weighted by Crippen LogP contribution is -2.13. The maximum Gasteiger partial charge on any atom is 0.258 e. The Morgan fingerprint density at radius 3 is 2.61 bits per heavy atom. The van der Waals surface area contributed by atoms with Gasteiger partial charge in [0.05, 0.1) is 10.7 Å². The molecule has 0 unspecified atom stereocenters. The Hall–Kier alpha value is -2.13. The van der Waals surface area contributed by atoms with Gasteiger partial charge >= 0.3 is 0 Å². The third-order valence-corrected chi connectivity index (χ3v) is 2.92. The molecule has 0 radical (unpaired) electrons. The van der Waals surface area contributed by atoms with Gasteiger partial charge in [0.15, 0.2) is 0 Å². The van der Waals surface area contributed by atoms with E-state index >= 15 is 0 Å². The summed E-state index contributed by atoms with van der Waals surface area (Å²) in [6, 6.07) is 14.6. The summed E-state index contributed by atoms with van der Waals surface area (Å²) in [4.78, 5) is 16.4. The molecule has 0 aliphatic heterocycles. The van der Waals surface area contributed by atoms with E-state index in [-0.39, 0.29) is 5.56 Å². The van der Waals surface area contributed by atoms with Gasteiger partial charge in [-0.1, -0.05) is 41.9 Å². The molecule has 4 heteroatoms. The average molecular weight is 257 g/mol. The molecular weight excluding hydrogens is 248 g/mol. The van der Waals surface area contributed by atoms with Crippen molar-refractivity contribution in [2.24, 2.45) is 0 Å². The number of rotatable bonds is 1. The predicted molar refractivity (Wildman–Crippen MR) is 71.9 cm³/mol. The molecule has 0 fully saturated rings. The molecule has 1 aromatic carbocycles. The second kappa shape index (κ2) is 4.27. The molecule has 0 bridgehead atoms. The third kappa shape index (κ3) is 1.89. The minimum Gasteiger partial charge on any atom is -0.269 e. The van der Waals surface area contributed by atoms with Crippen molar-refractivity contribution in [1.29, 1.82) is 0 Å². The molecule has 3 aromatic rings. The number of pyridine rings is 1. The van der Waals surface area contributed by atoms with Crippen LogP contribution in [0.3, 0.4) is 0 Å². The number of fused-ring (bicyclic) bond motifs is 1. The molecule has 0 aliphatic carbocycles. The van der Waals surface area contributed by atoms with Gasteiger partial charge in [-0.15, -0.1) is 0 Å². The fraction of sp³-hybridized carbons (Fsp3) is 0. The minimum atomic E-state index is -0.138. The average Bonchev–Trinajstić information content (AvgIpc) is 2.40. The van der Waals surface area contributed by atoms with E-state index in [2.05, 4.69) is 4.98 Å². The van der Waals surface area contributed by atoms with Crippen LogP contribution in [0.2, 0.25) is 5.02 Å². The zero-order chi connectivity index (χ0) is 12.5. The molecule has 0 N–H and O–H groups in total. The van der Waals surface area contributed by atoms with Crippen LogP contribution in [0.25, 0.3) is 16.9 Å². The molecule has 88 valence electrons. The van der Waals surface area contributed by atoms with Gasteiger partial charge in [0.1, 0.15) is 5.65 Å². The van der Waals surface area contributed by atoms with E-state index in [1.54, 1.807) is 18.3 Å². The number of hydrogen-bond acceptors (Lipinski definition) is 2. The monoisotopic (exact) mass is 256 g/mol. The topological polar surface area (TPSA) is 34.4 Å². The second-order valence-electron chi connectivity index (χ2n) is 3.92. The maximum atomic E-state index is 12.0. The highest BCUT2D eigenvalue weighted by Gasteiger charge is 2.04. The van der Waals surface area contributed by atoms with Crippen molar-refractivity contribution >= 4 is 17.2 Å². The summed E-state index contributed by atoms with van der Waals surface area (Å²) in [5, 5.41) is 0.513. The van der Waals surface area contributed by atoms with Gasteiger partial charge in [-0.05, 0) is 12.1 Å². The molecule has 0 atom stereocenters. The van der Waals surface area contributed by atoms with Gasteiger partial charge < -0.3 is 0 Å². The first-order valence-corrected chi connectivity index (χ1v) is 5.86. The summed E-state index contributed by atoms with van der Waals surface area (Å²) in [7, 11) is 0. The largest absolute Gasteiger partial charge is 0.269 e. The van der Waals surface area contributed by atoms with Crippen molar-refractivity contribution in [3.8, 4) is 11.3 Å². The van der Waals surface area contributed by atoms with Gasteiger partial charge in [-0.25, -0.2) is 4.98 Å². The lowest BCUT2D eigenvalue weighted by atomic mass is 10.1. The molecule has 2 heterocycles. The van der Waals surface area contributed by atoms with E-state index in [1.807, 2.05) is 30.3 Å². The predicted octanol–water partition coefficient (Wildman–Crippen LogP) is 3.01. The van der Waals surface area contributed by atoms with Crippen molar-refractivity contribution in [2.45, 2.75) is 0 Å². The van der Waals surface area contributed by atoms with Crippen molar-refractivity contribution in [1.82, 2.24) is 9.38 Å². The number of nitrogens with zero attached hydrogens (tertiary/aromatic N) is 2. The van der Waals surface area contributed by atoms with E-state index in [4.69, 9.17) is 11.6 Å². The Labute approximate surface area is 108 Å². The van der Waals surface area contributed by atoms with E-state index in [9.17, 15) is 4.79 Å². The van der Waals surface area contributed by atoms with Gasteiger partial charge in [-0.3, -0.25) is 9.20 Å². The molecular formula is C14H9ClN2O. The summed E-state index contributed by atoms with van der Waals surface area (Å²) in [5.74, 6) is 0.